The van der Waals surface area contributed by atoms with E-state index in [1.165, 1.54) is 0 Å². The second kappa shape index (κ2) is 8.85. The number of primary amides is 1. The maximum atomic E-state index is 13.1. The molecule has 3 aromatic carbocycles. The molecule has 3 aromatic rings. The van der Waals surface area contributed by atoms with Crippen molar-refractivity contribution in [2.45, 2.75) is 6.42 Å². The monoisotopic (exact) mass is 429 g/mol. The first-order chi connectivity index (χ1) is 15.5. The molecular formula is C25H23N3O4. The molecule has 4 N–H and O–H groups in total. The molecule has 0 aliphatic carbocycles. The summed E-state index contributed by atoms with van der Waals surface area (Å²) in [4.78, 5) is 24.2. The predicted octanol–water partition coefficient (Wildman–Crippen LogP) is 3.66. The maximum Gasteiger partial charge on any atom is 0.258 e. The van der Waals surface area contributed by atoms with Gasteiger partial charge in [0, 0.05) is 17.3 Å². The molecule has 1 aliphatic heterocycles. The lowest BCUT2D eigenvalue weighted by atomic mass is 9.99. The second-order valence-electron chi connectivity index (χ2n) is 7.29. The lowest BCUT2D eigenvalue weighted by molar-refractivity contribution is -0.117. The van der Waals surface area contributed by atoms with E-state index in [9.17, 15) is 9.59 Å². The first-order valence-corrected chi connectivity index (χ1v) is 10.0. The normalized spacial score (nSPS) is 13.8. The molecule has 0 saturated heterocycles. The van der Waals surface area contributed by atoms with Gasteiger partial charge in [0.15, 0.2) is 11.5 Å². The summed E-state index contributed by atoms with van der Waals surface area (Å²) in [5.41, 5.74) is 10.2. The molecule has 0 spiro atoms. The summed E-state index contributed by atoms with van der Waals surface area (Å²) in [5.74, 6) is 0.448. The number of benzene rings is 3. The predicted molar refractivity (Wildman–Crippen MR) is 124 cm³/mol. The van der Waals surface area contributed by atoms with Crippen molar-refractivity contribution in [1.29, 1.82) is 0 Å². The van der Waals surface area contributed by atoms with Crippen LogP contribution < -0.4 is 25.8 Å². The minimum Gasteiger partial charge on any atom is -0.493 e. The molecule has 4 rings (SSSR count). The zero-order valence-electron chi connectivity index (χ0n) is 17.8. The van der Waals surface area contributed by atoms with Crippen LogP contribution in [0.5, 0.6) is 11.5 Å². The molecule has 32 heavy (non-hydrogen) atoms. The van der Waals surface area contributed by atoms with Crippen LogP contribution in [-0.4, -0.2) is 26.0 Å². The Morgan fingerprint density at radius 2 is 1.62 bits per heavy atom. The molecule has 7 nitrogen and oxygen atoms in total. The Balaban J connectivity index is 1.83. The first kappa shape index (κ1) is 21.0. The average molecular weight is 429 g/mol. The van der Waals surface area contributed by atoms with Gasteiger partial charge in [0.1, 0.15) is 0 Å². The van der Waals surface area contributed by atoms with Gasteiger partial charge in [0.05, 0.1) is 37.6 Å². The van der Waals surface area contributed by atoms with Crippen LogP contribution in [0.4, 0.5) is 11.4 Å². The highest BCUT2D eigenvalue weighted by atomic mass is 16.5. The summed E-state index contributed by atoms with van der Waals surface area (Å²) in [6, 6.07) is 20.5. The number of amides is 2. The number of rotatable bonds is 7. The van der Waals surface area contributed by atoms with E-state index in [2.05, 4.69) is 10.6 Å². The first-order valence-electron chi connectivity index (χ1n) is 10.0. The zero-order valence-corrected chi connectivity index (χ0v) is 17.8. The van der Waals surface area contributed by atoms with Crippen LogP contribution in [0.3, 0.4) is 0 Å². The average Bonchev–Trinajstić information content (AvgIpc) is 3.12. The van der Waals surface area contributed by atoms with Gasteiger partial charge in [-0.1, -0.05) is 42.5 Å². The Kier molecular flexibility index (Phi) is 5.81. The van der Waals surface area contributed by atoms with Gasteiger partial charge in [-0.2, -0.15) is 0 Å². The van der Waals surface area contributed by atoms with Crippen molar-refractivity contribution in [2.24, 2.45) is 5.73 Å². The molecule has 0 bridgehead atoms. The molecular weight excluding hydrogens is 406 g/mol. The van der Waals surface area contributed by atoms with Crippen LogP contribution in [0.2, 0.25) is 0 Å². The Morgan fingerprint density at radius 3 is 2.25 bits per heavy atom. The fourth-order valence-corrected chi connectivity index (χ4v) is 3.68. The summed E-state index contributed by atoms with van der Waals surface area (Å²) in [6.07, 6.45) is 0.171. The van der Waals surface area contributed by atoms with E-state index in [4.69, 9.17) is 15.2 Å². The highest BCUT2D eigenvalue weighted by Crippen LogP contribution is 2.43. The van der Waals surface area contributed by atoms with Crippen molar-refractivity contribution in [1.82, 2.24) is 0 Å². The van der Waals surface area contributed by atoms with Gasteiger partial charge in [0.25, 0.3) is 5.91 Å². The fourth-order valence-electron chi connectivity index (χ4n) is 3.68. The second-order valence-corrected chi connectivity index (χ2v) is 7.29. The van der Waals surface area contributed by atoms with Gasteiger partial charge in [0.2, 0.25) is 5.91 Å². The lowest BCUT2D eigenvalue weighted by Crippen LogP contribution is -2.13. The summed E-state index contributed by atoms with van der Waals surface area (Å²) in [6.45, 7) is 0. The third kappa shape index (κ3) is 4.13. The van der Waals surface area contributed by atoms with Gasteiger partial charge in [-0.05, 0) is 29.3 Å². The summed E-state index contributed by atoms with van der Waals surface area (Å²) in [5, 5.41) is 6.30. The summed E-state index contributed by atoms with van der Waals surface area (Å²) in [7, 11) is 3.11. The number of hydrogen-bond donors (Lipinski definition) is 3. The SMILES string of the molecule is COc1cc2c(cc1OC)/C(=C(\Nc1ccc(CC(N)=O)cc1)c1ccccc1)C(=O)N2. The van der Waals surface area contributed by atoms with Gasteiger partial charge in [-0.25, -0.2) is 0 Å². The van der Waals surface area contributed by atoms with Crippen LogP contribution in [0.1, 0.15) is 16.7 Å². The minimum absolute atomic E-state index is 0.171. The molecule has 0 aromatic heterocycles. The summed E-state index contributed by atoms with van der Waals surface area (Å²) >= 11 is 0. The van der Waals surface area contributed by atoms with E-state index in [1.54, 1.807) is 26.4 Å². The lowest BCUT2D eigenvalue weighted by Gasteiger charge is -2.16. The zero-order chi connectivity index (χ0) is 22.7. The number of anilines is 2. The Bertz CT molecular complexity index is 1200. The van der Waals surface area contributed by atoms with E-state index in [-0.39, 0.29) is 18.2 Å². The molecule has 1 heterocycles. The standard InChI is InChI=1S/C25H23N3O4/c1-31-20-13-18-19(14-21(20)32-2)28-25(30)23(18)24(16-6-4-3-5-7-16)27-17-10-8-15(9-11-17)12-22(26)29/h3-11,13-14,27H,12H2,1-2H3,(H2,26,29)(H,28,30)/b24-23+. The van der Waals surface area contributed by atoms with Crippen molar-refractivity contribution >= 4 is 34.5 Å². The van der Waals surface area contributed by atoms with E-state index < -0.39 is 0 Å². The molecule has 0 radical (unpaired) electrons. The molecule has 162 valence electrons. The number of nitrogens with two attached hydrogens (primary N) is 1. The largest absolute Gasteiger partial charge is 0.493 e. The fraction of sp³-hybridized carbons (Fsp3) is 0.120. The Labute approximate surface area is 185 Å². The van der Waals surface area contributed by atoms with Gasteiger partial charge in [-0.3, -0.25) is 9.59 Å². The van der Waals surface area contributed by atoms with E-state index in [1.807, 2.05) is 54.6 Å². The van der Waals surface area contributed by atoms with Crippen molar-refractivity contribution in [3.8, 4) is 11.5 Å². The number of carbonyl (C=O) groups excluding carboxylic acids is 2. The molecule has 0 saturated carbocycles. The molecule has 7 heteroatoms. The minimum atomic E-state index is -0.388. The van der Waals surface area contributed by atoms with Gasteiger partial charge < -0.3 is 25.8 Å². The number of hydrogen-bond acceptors (Lipinski definition) is 5. The van der Waals surface area contributed by atoms with Crippen LogP contribution in [0.15, 0.2) is 66.7 Å². The van der Waals surface area contributed by atoms with Crippen molar-refractivity contribution in [3.63, 3.8) is 0 Å². The van der Waals surface area contributed by atoms with Gasteiger partial charge >= 0.3 is 0 Å². The molecule has 0 unspecified atom stereocenters. The highest BCUT2D eigenvalue weighted by molar-refractivity contribution is 6.37. The molecule has 0 fully saturated rings. The third-order valence-corrected chi connectivity index (χ3v) is 5.18. The number of carbonyl (C=O) groups is 2. The topological polar surface area (TPSA) is 103 Å². The van der Waals surface area contributed by atoms with Crippen LogP contribution in [0, 0.1) is 0 Å². The van der Waals surface area contributed by atoms with Crippen molar-refractivity contribution in [3.05, 3.63) is 83.4 Å². The third-order valence-electron chi connectivity index (χ3n) is 5.18. The van der Waals surface area contributed by atoms with Crippen LogP contribution in [0.25, 0.3) is 11.3 Å². The Morgan fingerprint density at radius 1 is 0.969 bits per heavy atom. The number of methoxy groups -OCH3 is 2. The van der Waals surface area contributed by atoms with Crippen molar-refractivity contribution in [2.75, 3.05) is 24.9 Å². The smallest absolute Gasteiger partial charge is 0.258 e. The van der Waals surface area contributed by atoms with Crippen molar-refractivity contribution < 1.29 is 19.1 Å². The Hall–Kier alpha value is -4.26. The number of fused-ring (bicyclic) bond motifs is 1. The summed E-state index contributed by atoms with van der Waals surface area (Å²) < 4.78 is 10.8. The molecule has 2 amide bonds. The molecule has 1 aliphatic rings. The van der Waals surface area contributed by atoms with Crippen LogP contribution in [-0.2, 0) is 16.0 Å². The highest BCUT2D eigenvalue weighted by Gasteiger charge is 2.30. The van der Waals surface area contributed by atoms with E-state index in [0.29, 0.717) is 34.0 Å². The quantitative estimate of drug-likeness (QED) is 0.498. The maximum absolute atomic E-state index is 13.1. The number of ether oxygens (including phenoxy) is 2. The molecule has 0 atom stereocenters. The number of nitrogens with one attached hydrogen (secondary N) is 2. The van der Waals surface area contributed by atoms with Crippen LogP contribution >= 0.6 is 0 Å². The van der Waals surface area contributed by atoms with E-state index >= 15 is 0 Å². The van der Waals surface area contributed by atoms with Gasteiger partial charge in [-0.15, -0.1) is 0 Å². The van der Waals surface area contributed by atoms with E-state index in [0.717, 1.165) is 16.8 Å².